The zero-order chi connectivity index (χ0) is 15.2. The van der Waals surface area contributed by atoms with E-state index in [1.807, 2.05) is 0 Å². The lowest BCUT2D eigenvalue weighted by Gasteiger charge is -2.14. The molecule has 1 saturated carbocycles. The number of urea groups is 1. The van der Waals surface area contributed by atoms with E-state index in [2.05, 4.69) is 25.9 Å². The molecule has 1 aromatic heterocycles. The summed E-state index contributed by atoms with van der Waals surface area (Å²) >= 11 is 0. The smallest absolute Gasteiger partial charge is 0.326 e. The normalized spacial score (nSPS) is 15.0. The highest BCUT2D eigenvalue weighted by atomic mass is 16.4. The molecule has 9 heteroatoms. The third-order valence-electron chi connectivity index (χ3n) is 2.93. The Bertz CT molecular complexity index is 512. The van der Waals surface area contributed by atoms with Crippen molar-refractivity contribution >= 4 is 17.9 Å². The first kappa shape index (κ1) is 14.8. The third-order valence-corrected chi connectivity index (χ3v) is 2.93. The Morgan fingerprint density at radius 3 is 2.76 bits per heavy atom. The number of H-pyrrole nitrogens is 1. The SMILES string of the molecule is O=C(CNC(=O)N[C@@H](Cc1cnc[nH]1)C(=O)O)NC1CC1. The second kappa shape index (κ2) is 6.73. The minimum atomic E-state index is -1.16. The van der Waals surface area contributed by atoms with Crippen LogP contribution in [0, 0.1) is 0 Å². The Morgan fingerprint density at radius 2 is 2.19 bits per heavy atom. The minimum absolute atomic E-state index is 0.0804. The van der Waals surface area contributed by atoms with E-state index < -0.39 is 18.0 Å². The summed E-state index contributed by atoms with van der Waals surface area (Å²) in [4.78, 5) is 40.6. The van der Waals surface area contributed by atoms with Crippen LogP contribution in [0.2, 0.25) is 0 Å². The second-order valence-electron chi connectivity index (χ2n) is 4.84. The van der Waals surface area contributed by atoms with Crippen molar-refractivity contribution in [3.63, 3.8) is 0 Å². The van der Waals surface area contributed by atoms with Gasteiger partial charge in [0.15, 0.2) is 0 Å². The number of rotatable bonds is 7. The van der Waals surface area contributed by atoms with Gasteiger partial charge in [-0.05, 0) is 12.8 Å². The van der Waals surface area contributed by atoms with Gasteiger partial charge >= 0.3 is 12.0 Å². The molecular formula is C12H17N5O4. The first-order valence-electron chi connectivity index (χ1n) is 6.58. The quantitative estimate of drug-likeness (QED) is 0.439. The van der Waals surface area contributed by atoms with Crippen molar-refractivity contribution in [1.82, 2.24) is 25.9 Å². The van der Waals surface area contributed by atoms with Gasteiger partial charge in [0, 0.05) is 24.4 Å². The molecule has 0 spiro atoms. The predicted octanol–water partition coefficient (Wildman–Crippen LogP) is -1.02. The molecule has 1 fully saturated rings. The zero-order valence-corrected chi connectivity index (χ0v) is 11.3. The van der Waals surface area contributed by atoms with Crippen LogP contribution < -0.4 is 16.0 Å². The number of aliphatic carboxylic acids is 1. The molecule has 1 aliphatic carbocycles. The van der Waals surface area contributed by atoms with E-state index in [9.17, 15) is 14.4 Å². The van der Waals surface area contributed by atoms with E-state index in [1.54, 1.807) is 0 Å². The number of carboxylic acids is 1. The number of carbonyl (C=O) groups excluding carboxylic acids is 2. The number of nitrogens with zero attached hydrogens (tertiary/aromatic N) is 1. The summed E-state index contributed by atoms with van der Waals surface area (Å²) < 4.78 is 0. The van der Waals surface area contributed by atoms with Gasteiger partial charge in [0.05, 0.1) is 12.9 Å². The predicted molar refractivity (Wildman–Crippen MR) is 71.4 cm³/mol. The molecule has 0 bridgehead atoms. The Balaban J connectivity index is 1.74. The van der Waals surface area contributed by atoms with Gasteiger partial charge in [0.1, 0.15) is 6.04 Å². The first-order valence-corrected chi connectivity index (χ1v) is 6.58. The van der Waals surface area contributed by atoms with Crippen molar-refractivity contribution in [3.8, 4) is 0 Å². The fourth-order valence-corrected chi connectivity index (χ4v) is 1.69. The number of hydrogen-bond acceptors (Lipinski definition) is 4. The van der Waals surface area contributed by atoms with Crippen LogP contribution in [0.5, 0.6) is 0 Å². The maximum atomic E-state index is 11.6. The van der Waals surface area contributed by atoms with Crippen LogP contribution in [-0.4, -0.2) is 51.6 Å². The van der Waals surface area contributed by atoms with Crippen LogP contribution in [0.4, 0.5) is 4.79 Å². The van der Waals surface area contributed by atoms with Crippen molar-refractivity contribution in [2.45, 2.75) is 31.3 Å². The molecule has 1 aliphatic rings. The van der Waals surface area contributed by atoms with E-state index >= 15 is 0 Å². The van der Waals surface area contributed by atoms with Crippen molar-refractivity contribution in [1.29, 1.82) is 0 Å². The molecule has 9 nitrogen and oxygen atoms in total. The highest BCUT2D eigenvalue weighted by Gasteiger charge is 2.24. The van der Waals surface area contributed by atoms with Crippen LogP contribution >= 0.6 is 0 Å². The zero-order valence-electron chi connectivity index (χ0n) is 11.3. The fraction of sp³-hybridized carbons (Fsp3) is 0.500. The van der Waals surface area contributed by atoms with E-state index in [4.69, 9.17) is 5.11 Å². The summed E-state index contributed by atoms with van der Waals surface area (Å²) in [5.41, 5.74) is 0.592. The van der Waals surface area contributed by atoms with Crippen molar-refractivity contribution < 1.29 is 19.5 Å². The molecule has 114 valence electrons. The lowest BCUT2D eigenvalue weighted by molar-refractivity contribution is -0.139. The number of amides is 3. The first-order chi connectivity index (χ1) is 10.0. The maximum Gasteiger partial charge on any atom is 0.326 e. The number of hydrogen-bond donors (Lipinski definition) is 5. The number of aromatic amines is 1. The van der Waals surface area contributed by atoms with Crippen LogP contribution in [0.15, 0.2) is 12.5 Å². The van der Waals surface area contributed by atoms with Gasteiger partial charge in [-0.2, -0.15) is 0 Å². The fourth-order valence-electron chi connectivity index (χ4n) is 1.69. The molecule has 0 saturated heterocycles. The summed E-state index contributed by atoms with van der Waals surface area (Å²) in [6.45, 7) is -0.182. The highest BCUT2D eigenvalue weighted by Crippen LogP contribution is 2.18. The number of aromatic nitrogens is 2. The largest absolute Gasteiger partial charge is 0.480 e. The minimum Gasteiger partial charge on any atom is -0.480 e. The average Bonchev–Trinajstić information content (AvgIpc) is 3.09. The molecule has 0 aliphatic heterocycles. The monoisotopic (exact) mass is 295 g/mol. The Hall–Kier alpha value is -2.58. The number of carbonyl (C=O) groups is 3. The number of carboxylic acid groups (broad SMARTS) is 1. The molecule has 21 heavy (non-hydrogen) atoms. The van der Waals surface area contributed by atoms with E-state index in [1.165, 1.54) is 12.5 Å². The lowest BCUT2D eigenvalue weighted by atomic mass is 10.2. The van der Waals surface area contributed by atoms with Crippen molar-refractivity contribution in [2.75, 3.05) is 6.54 Å². The molecule has 3 amide bonds. The molecule has 0 aromatic carbocycles. The molecular weight excluding hydrogens is 278 g/mol. The van der Waals surface area contributed by atoms with Gasteiger partial charge in [0.2, 0.25) is 5.91 Å². The molecule has 1 aromatic rings. The third kappa shape index (κ3) is 5.13. The van der Waals surface area contributed by atoms with E-state index in [0.29, 0.717) is 5.69 Å². The summed E-state index contributed by atoms with van der Waals surface area (Å²) in [6.07, 6.45) is 4.92. The molecule has 5 N–H and O–H groups in total. The standard InChI is InChI=1S/C12H17N5O4/c18-10(16-7-1-2-7)5-14-12(21)17-9(11(19)20)3-8-4-13-6-15-8/h4,6-7,9H,1-3,5H2,(H,13,15)(H,16,18)(H,19,20)(H2,14,17,21)/t9-/m0/s1. The Kier molecular flexibility index (Phi) is 4.75. The van der Waals surface area contributed by atoms with Crippen LogP contribution in [-0.2, 0) is 16.0 Å². The summed E-state index contributed by atoms with van der Waals surface area (Å²) in [6, 6.07) is -1.58. The van der Waals surface area contributed by atoms with Gasteiger partial charge < -0.3 is 26.0 Å². The summed E-state index contributed by atoms with van der Waals surface area (Å²) in [5.74, 6) is -1.45. The molecule has 0 radical (unpaired) electrons. The van der Waals surface area contributed by atoms with Gasteiger partial charge in [0.25, 0.3) is 0 Å². The van der Waals surface area contributed by atoms with Crippen LogP contribution in [0.25, 0.3) is 0 Å². The average molecular weight is 295 g/mol. The molecule has 1 atom stereocenters. The number of imidazole rings is 1. The van der Waals surface area contributed by atoms with Gasteiger partial charge in [-0.25, -0.2) is 14.6 Å². The second-order valence-corrected chi connectivity index (χ2v) is 4.84. The van der Waals surface area contributed by atoms with Crippen molar-refractivity contribution in [3.05, 3.63) is 18.2 Å². The van der Waals surface area contributed by atoms with E-state index in [0.717, 1.165) is 12.8 Å². The van der Waals surface area contributed by atoms with Crippen LogP contribution in [0.1, 0.15) is 18.5 Å². The van der Waals surface area contributed by atoms with Gasteiger partial charge in [-0.1, -0.05) is 0 Å². The maximum absolute atomic E-state index is 11.6. The van der Waals surface area contributed by atoms with Crippen molar-refractivity contribution in [2.24, 2.45) is 0 Å². The summed E-state index contributed by atoms with van der Waals surface area (Å²) in [7, 11) is 0. The Labute approximate surface area is 120 Å². The molecule has 0 unspecified atom stereocenters. The molecule has 2 rings (SSSR count). The molecule has 1 heterocycles. The lowest BCUT2D eigenvalue weighted by Crippen LogP contribution is -2.49. The van der Waals surface area contributed by atoms with Crippen LogP contribution in [0.3, 0.4) is 0 Å². The topological polar surface area (TPSA) is 136 Å². The van der Waals surface area contributed by atoms with E-state index in [-0.39, 0.29) is 24.9 Å². The van der Waals surface area contributed by atoms with Gasteiger partial charge in [-0.15, -0.1) is 0 Å². The number of nitrogens with one attached hydrogen (secondary N) is 4. The summed E-state index contributed by atoms with van der Waals surface area (Å²) in [5, 5.41) is 16.4. The van der Waals surface area contributed by atoms with Gasteiger partial charge in [-0.3, -0.25) is 4.79 Å². The highest BCUT2D eigenvalue weighted by molar-refractivity contribution is 5.86. The Morgan fingerprint density at radius 1 is 1.43 bits per heavy atom.